The predicted molar refractivity (Wildman–Crippen MR) is 159 cm³/mol. The maximum Gasteiger partial charge on any atom is 0.309 e. The number of esters is 1. The first kappa shape index (κ1) is 29.1. The summed E-state index contributed by atoms with van der Waals surface area (Å²) in [5, 5.41) is 0.954. The summed E-state index contributed by atoms with van der Waals surface area (Å²) in [6, 6.07) is 16.2. The number of likely N-dealkylation sites (tertiary alicyclic amines) is 1. The first-order valence-electron chi connectivity index (χ1n) is 13.9. The number of hydrogen-bond acceptors (Lipinski definition) is 8. The number of para-hydroxylation sites is 1. The van der Waals surface area contributed by atoms with Gasteiger partial charge in [0.25, 0.3) is 5.91 Å². The molecule has 11 heteroatoms. The standard InChI is InChI=1S/C30H33ClFN5O3S/c1-2-40-29(39)23-11-13-37(14-12-23)28(38)22-9-7-21(8-10-22)20-41-30-33-26(31)19-27(34-30)36-17-15-35(16-18-36)25-6-4-3-5-24(25)32/h3-10,19,23H,2,11-18,20H2,1H3. The SMILES string of the molecule is CCOC(=O)C1CCN(C(=O)c2ccc(CSc3nc(Cl)cc(N4CCN(c5ccccc5F)CC4)n3)cc2)CC1. The highest BCUT2D eigenvalue weighted by Crippen LogP contribution is 2.27. The summed E-state index contributed by atoms with van der Waals surface area (Å²) in [6.45, 7) is 6.03. The Morgan fingerprint density at radius 3 is 2.34 bits per heavy atom. The summed E-state index contributed by atoms with van der Waals surface area (Å²) in [5.74, 6) is 0.853. The number of carbonyl (C=O) groups is 2. The summed E-state index contributed by atoms with van der Waals surface area (Å²) in [6.07, 6.45) is 1.25. The molecule has 2 aliphatic rings. The van der Waals surface area contributed by atoms with E-state index in [1.54, 1.807) is 30.0 Å². The quantitative estimate of drug-likeness (QED) is 0.150. The highest BCUT2D eigenvalue weighted by molar-refractivity contribution is 7.98. The van der Waals surface area contributed by atoms with E-state index in [4.69, 9.17) is 21.3 Å². The summed E-state index contributed by atoms with van der Waals surface area (Å²) < 4.78 is 19.3. The van der Waals surface area contributed by atoms with Gasteiger partial charge in [0, 0.05) is 56.7 Å². The minimum Gasteiger partial charge on any atom is -0.466 e. The van der Waals surface area contributed by atoms with Crippen molar-refractivity contribution >= 4 is 46.7 Å². The Kier molecular flexibility index (Phi) is 9.61. The highest BCUT2D eigenvalue weighted by Gasteiger charge is 2.28. The second-order valence-electron chi connectivity index (χ2n) is 10.1. The molecule has 1 aromatic heterocycles. The molecule has 1 amide bonds. The van der Waals surface area contributed by atoms with Crippen LogP contribution in [0.5, 0.6) is 0 Å². The molecule has 2 aliphatic heterocycles. The molecule has 216 valence electrons. The Bertz CT molecular complexity index is 1360. The molecule has 2 aromatic carbocycles. The van der Waals surface area contributed by atoms with Crippen LogP contribution in [0.4, 0.5) is 15.9 Å². The van der Waals surface area contributed by atoms with E-state index in [0.717, 1.165) is 11.4 Å². The van der Waals surface area contributed by atoms with E-state index in [9.17, 15) is 14.0 Å². The van der Waals surface area contributed by atoms with Crippen molar-refractivity contribution in [2.45, 2.75) is 30.7 Å². The van der Waals surface area contributed by atoms with Crippen LogP contribution >= 0.6 is 23.4 Å². The van der Waals surface area contributed by atoms with Crippen LogP contribution in [0.25, 0.3) is 0 Å². The Morgan fingerprint density at radius 2 is 1.66 bits per heavy atom. The van der Waals surface area contributed by atoms with Crippen LogP contribution in [0.3, 0.4) is 0 Å². The van der Waals surface area contributed by atoms with E-state index < -0.39 is 0 Å². The summed E-state index contributed by atoms with van der Waals surface area (Å²) in [5.41, 5.74) is 2.29. The van der Waals surface area contributed by atoms with Crippen molar-refractivity contribution in [1.29, 1.82) is 0 Å². The number of thioether (sulfide) groups is 1. The summed E-state index contributed by atoms with van der Waals surface area (Å²) >= 11 is 7.83. The van der Waals surface area contributed by atoms with Crippen molar-refractivity contribution < 1.29 is 18.7 Å². The molecule has 3 aromatic rings. The number of nitrogens with zero attached hydrogens (tertiary/aromatic N) is 5. The van der Waals surface area contributed by atoms with Gasteiger partial charge in [0.15, 0.2) is 5.16 Å². The molecule has 2 fully saturated rings. The molecular weight excluding hydrogens is 565 g/mol. The molecule has 41 heavy (non-hydrogen) atoms. The second-order valence-corrected chi connectivity index (χ2v) is 11.4. The topological polar surface area (TPSA) is 78.9 Å². The zero-order chi connectivity index (χ0) is 28.8. The molecule has 8 nitrogen and oxygen atoms in total. The second kappa shape index (κ2) is 13.5. The average molecular weight is 598 g/mol. The zero-order valence-corrected chi connectivity index (χ0v) is 24.5. The number of ether oxygens (including phenoxy) is 1. The van der Waals surface area contributed by atoms with Gasteiger partial charge >= 0.3 is 5.97 Å². The van der Waals surface area contributed by atoms with Gasteiger partial charge in [-0.1, -0.05) is 47.6 Å². The molecule has 3 heterocycles. The minimum atomic E-state index is -0.210. The Labute approximate surface area is 248 Å². The lowest BCUT2D eigenvalue weighted by atomic mass is 9.96. The summed E-state index contributed by atoms with van der Waals surface area (Å²) in [4.78, 5) is 40.1. The van der Waals surface area contributed by atoms with Gasteiger partial charge in [-0.3, -0.25) is 9.59 Å². The Morgan fingerprint density at radius 1 is 0.976 bits per heavy atom. The van der Waals surface area contributed by atoms with Crippen molar-refractivity contribution in [3.05, 3.63) is 76.7 Å². The van der Waals surface area contributed by atoms with Crippen LogP contribution in [0.1, 0.15) is 35.7 Å². The zero-order valence-electron chi connectivity index (χ0n) is 23.0. The third kappa shape index (κ3) is 7.29. The smallest absolute Gasteiger partial charge is 0.309 e. The maximum absolute atomic E-state index is 14.2. The maximum atomic E-state index is 14.2. The molecule has 0 aliphatic carbocycles. The van der Waals surface area contributed by atoms with Gasteiger partial charge in [0.1, 0.15) is 16.8 Å². The van der Waals surface area contributed by atoms with Gasteiger partial charge in [-0.15, -0.1) is 0 Å². The number of anilines is 2. The minimum absolute atomic E-state index is 0.0237. The monoisotopic (exact) mass is 597 g/mol. The number of halogens is 2. The van der Waals surface area contributed by atoms with Gasteiger partial charge < -0.3 is 19.4 Å². The van der Waals surface area contributed by atoms with Crippen LogP contribution in [0, 0.1) is 11.7 Å². The molecular formula is C30H33ClFN5O3S. The van der Waals surface area contributed by atoms with E-state index in [0.29, 0.717) is 86.0 Å². The number of piperidine rings is 1. The number of benzene rings is 2. The third-order valence-electron chi connectivity index (χ3n) is 7.43. The largest absolute Gasteiger partial charge is 0.466 e. The average Bonchev–Trinajstić information content (AvgIpc) is 3.00. The lowest BCUT2D eigenvalue weighted by molar-refractivity contribution is -0.149. The van der Waals surface area contributed by atoms with Crippen LogP contribution in [0.15, 0.2) is 59.8 Å². The Hall–Kier alpha value is -3.37. The van der Waals surface area contributed by atoms with E-state index >= 15 is 0 Å². The van der Waals surface area contributed by atoms with Gasteiger partial charge in [0.05, 0.1) is 18.2 Å². The molecule has 0 N–H and O–H groups in total. The van der Waals surface area contributed by atoms with Crippen LogP contribution < -0.4 is 9.80 Å². The first-order valence-corrected chi connectivity index (χ1v) is 15.2. The molecule has 5 rings (SSSR count). The molecule has 0 saturated carbocycles. The van der Waals surface area contributed by atoms with Crippen LogP contribution in [-0.4, -0.2) is 72.6 Å². The molecule has 0 atom stereocenters. The molecule has 0 spiro atoms. The molecule has 0 bridgehead atoms. The fraction of sp³-hybridized carbons (Fsp3) is 0.400. The van der Waals surface area contributed by atoms with Gasteiger partial charge in [-0.25, -0.2) is 14.4 Å². The van der Waals surface area contributed by atoms with E-state index in [1.807, 2.05) is 35.2 Å². The van der Waals surface area contributed by atoms with Crippen molar-refractivity contribution in [3.8, 4) is 0 Å². The number of piperazine rings is 1. The lowest BCUT2D eigenvalue weighted by Crippen LogP contribution is -2.47. The van der Waals surface area contributed by atoms with Crippen molar-refractivity contribution in [2.24, 2.45) is 5.92 Å². The van der Waals surface area contributed by atoms with Gasteiger partial charge in [-0.2, -0.15) is 0 Å². The fourth-order valence-electron chi connectivity index (χ4n) is 5.15. The third-order valence-corrected chi connectivity index (χ3v) is 8.54. The van der Waals surface area contributed by atoms with Gasteiger partial charge in [-0.05, 0) is 49.6 Å². The van der Waals surface area contributed by atoms with Crippen LogP contribution in [0.2, 0.25) is 5.15 Å². The number of aromatic nitrogens is 2. The van der Waals surface area contributed by atoms with E-state index in [-0.39, 0.29) is 23.6 Å². The number of hydrogen-bond donors (Lipinski definition) is 0. The normalized spacial score (nSPS) is 16.1. The lowest BCUT2D eigenvalue weighted by Gasteiger charge is -2.36. The van der Waals surface area contributed by atoms with E-state index in [1.165, 1.54) is 17.8 Å². The van der Waals surface area contributed by atoms with Crippen molar-refractivity contribution in [2.75, 3.05) is 55.7 Å². The van der Waals surface area contributed by atoms with Crippen molar-refractivity contribution in [1.82, 2.24) is 14.9 Å². The fourth-order valence-corrected chi connectivity index (χ4v) is 6.19. The highest BCUT2D eigenvalue weighted by atomic mass is 35.5. The van der Waals surface area contributed by atoms with Crippen LogP contribution in [-0.2, 0) is 15.3 Å². The first-order chi connectivity index (χ1) is 19.9. The van der Waals surface area contributed by atoms with E-state index in [2.05, 4.69) is 9.88 Å². The summed E-state index contributed by atoms with van der Waals surface area (Å²) in [7, 11) is 0. The predicted octanol–water partition coefficient (Wildman–Crippen LogP) is 5.30. The van der Waals surface area contributed by atoms with Crippen molar-refractivity contribution in [3.63, 3.8) is 0 Å². The molecule has 0 unspecified atom stereocenters. The van der Waals surface area contributed by atoms with Gasteiger partial charge in [0.2, 0.25) is 0 Å². The number of carbonyl (C=O) groups excluding carboxylic acids is 2. The molecule has 2 saturated heterocycles. The molecule has 0 radical (unpaired) electrons. The number of amides is 1. The Balaban J connectivity index is 1.13. The number of rotatable bonds is 8.